The SMILES string of the molecule is C=CC(=C)C(/C=C(\C)BC(C)(C)C)=C\N(C)C(C)(C)C. The van der Waals surface area contributed by atoms with Gasteiger partial charge < -0.3 is 4.90 Å². The first-order chi connectivity index (χ1) is 8.86. The quantitative estimate of drug-likeness (QED) is 0.508. The van der Waals surface area contributed by atoms with E-state index >= 15 is 0 Å². The van der Waals surface area contributed by atoms with E-state index in [1.165, 1.54) is 5.47 Å². The van der Waals surface area contributed by atoms with E-state index in [2.05, 4.69) is 85.8 Å². The van der Waals surface area contributed by atoms with Gasteiger partial charge >= 0.3 is 0 Å². The maximum Gasteiger partial charge on any atom is 0.157 e. The van der Waals surface area contributed by atoms with Gasteiger partial charge in [0.1, 0.15) is 0 Å². The van der Waals surface area contributed by atoms with Crippen LogP contribution in [0.4, 0.5) is 0 Å². The van der Waals surface area contributed by atoms with E-state index in [9.17, 15) is 0 Å². The monoisotopic (exact) mass is 273 g/mol. The molecule has 112 valence electrons. The van der Waals surface area contributed by atoms with Crippen LogP contribution in [0, 0.1) is 0 Å². The van der Waals surface area contributed by atoms with Gasteiger partial charge in [-0.3, -0.25) is 0 Å². The molecule has 0 atom stereocenters. The molecule has 0 aliphatic carbocycles. The van der Waals surface area contributed by atoms with Crippen molar-refractivity contribution in [1.29, 1.82) is 0 Å². The molecular weight excluding hydrogens is 241 g/mol. The second kappa shape index (κ2) is 7.01. The second-order valence-electron chi connectivity index (χ2n) is 7.82. The highest BCUT2D eigenvalue weighted by atomic mass is 15.1. The first-order valence-corrected chi connectivity index (χ1v) is 7.30. The van der Waals surface area contributed by atoms with Gasteiger partial charge in [-0.15, -0.1) is 5.47 Å². The van der Waals surface area contributed by atoms with E-state index in [4.69, 9.17) is 0 Å². The van der Waals surface area contributed by atoms with Gasteiger partial charge in [0, 0.05) is 18.8 Å². The molecule has 0 aromatic carbocycles. The third-order valence-corrected chi connectivity index (χ3v) is 3.22. The number of rotatable bonds is 5. The van der Waals surface area contributed by atoms with Gasteiger partial charge in [0.2, 0.25) is 0 Å². The highest BCUT2D eigenvalue weighted by Gasteiger charge is 2.16. The topological polar surface area (TPSA) is 3.24 Å². The van der Waals surface area contributed by atoms with Crippen LogP contribution in [-0.2, 0) is 0 Å². The van der Waals surface area contributed by atoms with Gasteiger partial charge in [0.25, 0.3) is 0 Å². The van der Waals surface area contributed by atoms with E-state index < -0.39 is 0 Å². The molecule has 0 aromatic heterocycles. The van der Waals surface area contributed by atoms with Crippen LogP contribution < -0.4 is 0 Å². The molecule has 0 bridgehead atoms. The summed E-state index contributed by atoms with van der Waals surface area (Å²) in [6.45, 7) is 23.5. The van der Waals surface area contributed by atoms with Crippen molar-refractivity contribution in [3.05, 3.63) is 48.1 Å². The zero-order chi connectivity index (χ0) is 16.1. The van der Waals surface area contributed by atoms with E-state index in [1.54, 1.807) is 0 Å². The predicted octanol–water partition coefficient (Wildman–Crippen LogP) is 4.90. The van der Waals surface area contributed by atoms with E-state index in [1.807, 2.05) is 6.08 Å². The van der Waals surface area contributed by atoms with Crippen LogP contribution in [0.2, 0.25) is 5.31 Å². The van der Waals surface area contributed by atoms with Crippen molar-refractivity contribution >= 4 is 7.28 Å². The summed E-state index contributed by atoms with van der Waals surface area (Å²) in [6, 6.07) is 0. The summed E-state index contributed by atoms with van der Waals surface area (Å²) >= 11 is 0. The minimum absolute atomic E-state index is 0.0957. The summed E-state index contributed by atoms with van der Waals surface area (Å²) < 4.78 is 0. The minimum atomic E-state index is 0.0957. The standard InChI is InChI=1S/C18H32BN/c1-11-14(2)16(13-20(10)18(7,8)9)12-15(3)19-17(4,5)6/h11-13,19H,1-2H2,3-10H3/b15-12+,16-13-. The van der Waals surface area contributed by atoms with Gasteiger partial charge in [0.15, 0.2) is 7.28 Å². The minimum Gasteiger partial charge on any atom is -0.375 e. The zero-order valence-electron chi connectivity index (χ0n) is 14.8. The van der Waals surface area contributed by atoms with Gasteiger partial charge in [0.05, 0.1) is 0 Å². The molecule has 0 spiro atoms. The fourth-order valence-corrected chi connectivity index (χ4v) is 1.89. The van der Waals surface area contributed by atoms with Gasteiger partial charge in [-0.05, 0) is 31.9 Å². The molecule has 0 unspecified atom stereocenters. The van der Waals surface area contributed by atoms with Crippen LogP contribution in [0.15, 0.2) is 48.1 Å². The van der Waals surface area contributed by atoms with Crippen molar-refractivity contribution in [2.45, 2.75) is 59.3 Å². The third kappa shape index (κ3) is 7.42. The summed E-state index contributed by atoms with van der Waals surface area (Å²) in [7, 11) is 3.18. The molecule has 0 N–H and O–H groups in total. The lowest BCUT2D eigenvalue weighted by atomic mass is 9.51. The van der Waals surface area contributed by atoms with Crippen LogP contribution in [0.25, 0.3) is 0 Å². The summed E-state index contributed by atoms with van der Waals surface area (Å²) in [5.41, 5.74) is 3.57. The summed E-state index contributed by atoms with van der Waals surface area (Å²) in [6.07, 6.45) is 6.22. The van der Waals surface area contributed by atoms with Crippen LogP contribution in [0.1, 0.15) is 48.5 Å². The Morgan fingerprint density at radius 3 is 1.95 bits per heavy atom. The molecule has 0 radical (unpaired) electrons. The Balaban J connectivity index is 5.39. The molecule has 2 heteroatoms. The van der Waals surface area contributed by atoms with Crippen LogP contribution >= 0.6 is 0 Å². The van der Waals surface area contributed by atoms with Gasteiger partial charge in [-0.25, -0.2) is 0 Å². The predicted molar refractivity (Wildman–Crippen MR) is 95.6 cm³/mol. The van der Waals surface area contributed by atoms with Crippen molar-refractivity contribution in [3.8, 4) is 0 Å². The van der Waals surface area contributed by atoms with Crippen LogP contribution in [-0.4, -0.2) is 24.8 Å². The van der Waals surface area contributed by atoms with E-state index in [0.717, 1.165) is 18.4 Å². The number of allylic oxidation sites excluding steroid dienone is 5. The second-order valence-corrected chi connectivity index (χ2v) is 7.82. The lowest BCUT2D eigenvalue weighted by Gasteiger charge is -2.31. The number of nitrogens with zero attached hydrogens (tertiary/aromatic N) is 1. The van der Waals surface area contributed by atoms with Gasteiger partial charge in [-0.1, -0.05) is 58.3 Å². The zero-order valence-corrected chi connectivity index (χ0v) is 14.8. The maximum atomic E-state index is 4.10. The summed E-state index contributed by atoms with van der Waals surface area (Å²) in [5.74, 6) is 0. The summed E-state index contributed by atoms with van der Waals surface area (Å²) in [4.78, 5) is 2.22. The van der Waals surface area contributed by atoms with E-state index in [0.29, 0.717) is 5.31 Å². The molecule has 0 aliphatic heterocycles. The molecule has 0 amide bonds. The third-order valence-electron chi connectivity index (χ3n) is 3.22. The first kappa shape index (κ1) is 18.8. The van der Waals surface area contributed by atoms with Crippen molar-refractivity contribution in [3.63, 3.8) is 0 Å². The Bertz CT molecular complexity index is 414. The highest BCUT2D eigenvalue weighted by Crippen LogP contribution is 2.25. The first-order valence-electron chi connectivity index (χ1n) is 7.30. The normalized spacial score (nSPS) is 14.0. The Hall–Kier alpha value is -1.18. The largest absolute Gasteiger partial charge is 0.375 e. The molecule has 0 saturated heterocycles. The van der Waals surface area contributed by atoms with Crippen molar-refractivity contribution in [2.24, 2.45) is 0 Å². The average molecular weight is 273 g/mol. The molecule has 0 saturated carbocycles. The lowest BCUT2D eigenvalue weighted by Crippen LogP contribution is -2.34. The molecular formula is C18H32BN. The molecule has 0 aromatic rings. The fourth-order valence-electron chi connectivity index (χ4n) is 1.89. The average Bonchev–Trinajstić information content (AvgIpc) is 2.22. The number of hydrogen-bond acceptors (Lipinski definition) is 1. The van der Waals surface area contributed by atoms with Crippen molar-refractivity contribution in [2.75, 3.05) is 7.05 Å². The maximum absolute atomic E-state index is 4.10. The van der Waals surface area contributed by atoms with Crippen molar-refractivity contribution < 1.29 is 0 Å². The Kier molecular flexibility index (Phi) is 6.60. The molecule has 0 rings (SSSR count). The molecule has 0 aliphatic rings. The Morgan fingerprint density at radius 1 is 1.10 bits per heavy atom. The van der Waals surface area contributed by atoms with E-state index in [-0.39, 0.29) is 5.54 Å². The van der Waals surface area contributed by atoms with Crippen molar-refractivity contribution in [1.82, 2.24) is 4.90 Å². The molecule has 20 heavy (non-hydrogen) atoms. The molecule has 1 nitrogen and oxygen atoms in total. The van der Waals surface area contributed by atoms with Gasteiger partial charge in [-0.2, -0.15) is 0 Å². The Morgan fingerprint density at radius 2 is 1.60 bits per heavy atom. The lowest BCUT2D eigenvalue weighted by molar-refractivity contribution is 0.249. The fraction of sp³-hybridized carbons (Fsp3) is 0.556. The van der Waals surface area contributed by atoms with Crippen LogP contribution in [0.5, 0.6) is 0 Å². The summed E-state index contributed by atoms with van der Waals surface area (Å²) in [5, 5.41) is 0.303. The van der Waals surface area contributed by atoms with Crippen LogP contribution in [0.3, 0.4) is 0 Å². The Labute approximate surface area is 127 Å². The molecule has 0 fully saturated rings. The molecule has 0 heterocycles. The highest BCUT2D eigenvalue weighted by molar-refractivity contribution is 6.48. The smallest absolute Gasteiger partial charge is 0.157 e. The number of hydrogen-bond donors (Lipinski definition) is 0.